The Morgan fingerprint density at radius 2 is 2.40 bits per heavy atom. The van der Waals surface area contributed by atoms with Gasteiger partial charge in [0.15, 0.2) is 5.78 Å². The van der Waals surface area contributed by atoms with Gasteiger partial charge in [-0.3, -0.25) is 9.48 Å². The van der Waals surface area contributed by atoms with Gasteiger partial charge in [-0.05, 0) is 32.4 Å². The molecule has 0 fully saturated rings. The molecule has 1 heterocycles. The first kappa shape index (κ1) is 11.9. The molecule has 0 saturated heterocycles. The third-order valence-corrected chi connectivity index (χ3v) is 2.56. The molecule has 1 aromatic heterocycles. The van der Waals surface area contributed by atoms with Crippen LogP contribution in [-0.2, 0) is 6.54 Å². The van der Waals surface area contributed by atoms with Gasteiger partial charge in [0, 0.05) is 18.7 Å². The van der Waals surface area contributed by atoms with Crippen molar-refractivity contribution in [2.75, 3.05) is 6.54 Å². The minimum Gasteiger partial charge on any atom is -0.330 e. The van der Waals surface area contributed by atoms with E-state index in [4.69, 9.17) is 5.73 Å². The van der Waals surface area contributed by atoms with Crippen LogP contribution in [0.15, 0.2) is 12.3 Å². The van der Waals surface area contributed by atoms with E-state index in [1.165, 1.54) is 0 Å². The number of rotatable bonds is 6. The predicted octanol–water partition coefficient (Wildman–Crippen LogP) is 1.46. The maximum Gasteiger partial charge on any atom is 0.183 e. The zero-order chi connectivity index (χ0) is 11.3. The zero-order valence-electron chi connectivity index (χ0n) is 9.44. The van der Waals surface area contributed by atoms with E-state index < -0.39 is 0 Å². The lowest BCUT2D eigenvalue weighted by atomic mass is 9.98. The summed E-state index contributed by atoms with van der Waals surface area (Å²) in [6.07, 6.45) is 3.42. The second-order valence-electron chi connectivity index (χ2n) is 3.73. The molecule has 0 aliphatic heterocycles. The van der Waals surface area contributed by atoms with Gasteiger partial charge in [-0.15, -0.1) is 0 Å². The van der Waals surface area contributed by atoms with E-state index in [0.717, 1.165) is 19.4 Å². The number of hydrogen-bond donors (Lipinski definition) is 1. The second kappa shape index (κ2) is 5.66. The quantitative estimate of drug-likeness (QED) is 0.721. The molecule has 4 nitrogen and oxygen atoms in total. The Morgan fingerprint density at radius 1 is 1.67 bits per heavy atom. The molecule has 0 aliphatic carbocycles. The van der Waals surface area contributed by atoms with Crippen LogP contribution in [0.4, 0.5) is 0 Å². The molecule has 15 heavy (non-hydrogen) atoms. The largest absolute Gasteiger partial charge is 0.330 e. The van der Waals surface area contributed by atoms with Crippen molar-refractivity contribution >= 4 is 5.78 Å². The summed E-state index contributed by atoms with van der Waals surface area (Å²) in [5.41, 5.74) is 6.13. The lowest BCUT2D eigenvalue weighted by Crippen LogP contribution is -2.17. The lowest BCUT2D eigenvalue weighted by molar-refractivity contribution is 0.0912. The predicted molar refractivity (Wildman–Crippen MR) is 59.7 cm³/mol. The Balaban J connectivity index is 2.67. The maximum atomic E-state index is 12.0. The summed E-state index contributed by atoms with van der Waals surface area (Å²) >= 11 is 0. The minimum atomic E-state index is 0.0375. The van der Waals surface area contributed by atoms with Crippen molar-refractivity contribution < 1.29 is 4.79 Å². The fourth-order valence-corrected chi connectivity index (χ4v) is 1.60. The molecule has 84 valence electrons. The normalized spacial score (nSPS) is 12.7. The highest BCUT2D eigenvalue weighted by Gasteiger charge is 2.17. The number of carbonyl (C=O) groups is 1. The van der Waals surface area contributed by atoms with Crippen molar-refractivity contribution in [2.24, 2.45) is 11.7 Å². The Kier molecular flexibility index (Phi) is 4.49. The van der Waals surface area contributed by atoms with Crippen LogP contribution < -0.4 is 5.73 Å². The molecule has 0 amide bonds. The molecule has 0 saturated carbocycles. The summed E-state index contributed by atoms with van der Waals surface area (Å²) in [5.74, 6) is 0.207. The molecule has 2 N–H and O–H groups in total. The van der Waals surface area contributed by atoms with Crippen LogP contribution in [0.3, 0.4) is 0 Å². The molecule has 0 aliphatic rings. The molecule has 0 bridgehead atoms. The van der Waals surface area contributed by atoms with Gasteiger partial charge in [0.2, 0.25) is 0 Å². The number of hydrogen-bond acceptors (Lipinski definition) is 3. The van der Waals surface area contributed by atoms with Crippen LogP contribution >= 0.6 is 0 Å². The molecule has 1 aromatic rings. The number of Topliss-reactive ketones (excluding diaryl/α,β-unsaturated/α-hetero) is 1. The van der Waals surface area contributed by atoms with Gasteiger partial charge in [0.05, 0.1) is 0 Å². The monoisotopic (exact) mass is 209 g/mol. The topological polar surface area (TPSA) is 60.9 Å². The minimum absolute atomic E-state index is 0.0375. The number of carbonyl (C=O) groups excluding carboxylic acids is 1. The van der Waals surface area contributed by atoms with Gasteiger partial charge in [-0.25, -0.2) is 0 Å². The molecule has 0 aromatic carbocycles. The van der Waals surface area contributed by atoms with Crippen LogP contribution in [-0.4, -0.2) is 22.1 Å². The number of ketones is 1. The standard InChI is InChI=1S/C11H19N3O/c1-3-14-10(6-8-13-14)11(15)9(2)5-4-7-12/h6,8-9H,3-5,7,12H2,1-2H3. The van der Waals surface area contributed by atoms with Gasteiger partial charge in [-0.2, -0.15) is 5.10 Å². The number of nitrogens with two attached hydrogens (primary N) is 1. The van der Waals surface area contributed by atoms with E-state index in [1.807, 2.05) is 13.8 Å². The Bertz CT molecular complexity index is 319. The van der Waals surface area contributed by atoms with E-state index >= 15 is 0 Å². The van der Waals surface area contributed by atoms with Crippen LogP contribution in [0.25, 0.3) is 0 Å². The number of aromatic nitrogens is 2. The van der Waals surface area contributed by atoms with Gasteiger partial charge in [0.1, 0.15) is 5.69 Å². The third-order valence-electron chi connectivity index (χ3n) is 2.56. The van der Waals surface area contributed by atoms with Gasteiger partial charge in [0.25, 0.3) is 0 Å². The Hall–Kier alpha value is -1.16. The summed E-state index contributed by atoms with van der Waals surface area (Å²) < 4.78 is 1.74. The molecule has 1 rings (SSSR count). The molecule has 1 atom stereocenters. The number of nitrogens with zero attached hydrogens (tertiary/aromatic N) is 2. The summed E-state index contributed by atoms with van der Waals surface area (Å²) in [5, 5.41) is 4.09. The Labute approximate surface area is 90.5 Å². The van der Waals surface area contributed by atoms with Crippen LogP contribution in [0.2, 0.25) is 0 Å². The van der Waals surface area contributed by atoms with E-state index in [2.05, 4.69) is 5.10 Å². The van der Waals surface area contributed by atoms with Crippen molar-refractivity contribution in [1.29, 1.82) is 0 Å². The van der Waals surface area contributed by atoms with Gasteiger partial charge < -0.3 is 5.73 Å². The fourth-order valence-electron chi connectivity index (χ4n) is 1.60. The average Bonchev–Trinajstić information content (AvgIpc) is 2.72. The molecular weight excluding hydrogens is 190 g/mol. The fraction of sp³-hybridized carbons (Fsp3) is 0.636. The smallest absolute Gasteiger partial charge is 0.183 e. The van der Waals surface area contributed by atoms with Crippen molar-refractivity contribution in [2.45, 2.75) is 33.2 Å². The van der Waals surface area contributed by atoms with E-state index in [0.29, 0.717) is 12.2 Å². The summed E-state index contributed by atoms with van der Waals surface area (Å²) in [6.45, 7) is 5.31. The zero-order valence-corrected chi connectivity index (χ0v) is 9.44. The molecule has 1 unspecified atom stereocenters. The van der Waals surface area contributed by atoms with E-state index in [-0.39, 0.29) is 11.7 Å². The van der Waals surface area contributed by atoms with Crippen molar-refractivity contribution in [3.05, 3.63) is 18.0 Å². The van der Waals surface area contributed by atoms with E-state index in [9.17, 15) is 4.79 Å². The second-order valence-corrected chi connectivity index (χ2v) is 3.73. The number of aryl methyl sites for hydroxylation is 1. The first-order valence-electron chi connectivity index (χ1n) is 5.46. The van der Waals surface area contributed by atoms with Crippen molar-refractivity contribution in [3.63, 3.8) is 0 Å². The molecule has 0 spiro atoms. The van der Waals surface area contributed by atoms with Crippen LogP contribution in [0.1, 0.15) is 37.2 Å². The molecule has 0 radical (unpaired) electrons. The SMILES string of the molecule is CCn1nccc1C(=O)C(C)CCCN. The highest BCUT2D eigenvalue weighted by atomic mass is 16.1. The first-order valence-corrected chi connectivity index (χ1v) is 5.46. The third kappa shape index (κ3) is 2.89. The highest BCUT2D eigenvalue weighted by Crippen LogP contribution is 2.13. The average molecular weight is 209 g/mol. The maximum absolute atomic E-state index is 12.0. The van der Waals surface area contributed by atoms with Gasteiger partial charge >= 0.3 is 0 Å². The van der Waals surface area contributed by atoms with Gasteiger partial charge in [-0.1, -0.05) is 6.92 Å². The van der Waals surface area contributed by atoms with Crippen LogP contribution in [0, 0.1) is 5.92 Å². The van der Waals surface area contributed by atoms with Crippen molar-refractivity contribution in [3.8, 4) is 0 Å². The van der Waals surface area contributed by atoms with Crippen LogP contribution in [0.5, 0.6) is 0 Å². The summed E-state index contributed by atoms with van der Waals surface area (Å²) in [4.78, 5) is 12.0. The summed E-state index contributed by atoms with van der Waals surface area (Å²) in [6, 6.07) is 1.78. The van der Waals surface area contributed by atoms with E-state index in [1.54, 1.807) is 16.9 Å². The lowest BCUT2D eigenvalue weighted by Gasteiger charge is -2.10. The molecular formula is C11H19N3O. The molecule has 4 heteroatoms. The first-order chi connectivity index (χ1) is 7.20. The Morgan fingerprint density at radius 3 is 3.00 bits per heavy atom. The van der Waals surface area contributed by atoms with Crippen molar-refractivity contribution in [1.82, 2.24) is 9.78 Å². The highest BCUT2D eigenvalue weighted by molar-refractivity contribution is 5.96. The summed E-state index contributed by atoms with van der Waals surface area (Å²) in [7, 11) is 0.